The van der Waals surface area contributed by atoms with E-state index in [1.165, 1.54) is 11.1 Å². The third-order valence-electron chi connectivity index (χ3n) is 4.40. The van der Waals surface area contributed by atoms with Gasteiger partial charge in [-0.2, -0.15) is 5.10 Å². The van der Waals surface area contributed by atoms with Crippen molar-refractivity contribution in [1.29, 1.82) is 0 Å². The fourth-order valence-corrected chi connectivity index (χ4v) is 3.06. The first-order valence-electron chi connectivity index (χ1n) is 9.36. The molecule has 1 heterocycles. The first-order chi connectivity index (χ1) is 13.3. The molecule has 148 valence electrons. The molecule has 3 rings (SSSR count). The van der Waals surface area contributed by atoms with Crippen molar-refractivity contribution in [3.05, 3.63) is 89.7 Å². The lowest BCUT2D eigenvalue weighted by molar-refractivity contribution is 0.729. The average Bonchev–Trinajstić information content (AvgIpc) is 3.13. The predicted molar refractivity (Wildman–Crippen MR) is 126 cm³/mol. The van der Waals surface area contributed by atoms with E-state index in [0.29, 0.717) is 6.54 Å². The fourth-order valence-electron chi connectivity index (χ4n) is 3.06. The molecule has 28 heavy (non-hydrogen) atoms. The Bertz CT molecular complexity index is 806. The summed E-state index contributed by atoms with van der Waals surface area (Å²) in [6, 6.07) is 21.2. The minimum absolute atomic E-state index is 0. The van der Waals surface area contributed by atoms with Crippen LogP contribution < -0.4 is 10.6 Å². The van der Waals surface area contributed by atoms with Crippen molar-refractivity contribution in [2.75, 3.05) is 13.1 Å². The molecule has 6 heteroatoms. The minimum Gasteiger partial charge on any atom is -0.357 e. The van der Waals surface area contributed by atoms with E-state index in [1.807, 2.05) is 19.4 Å². The van der Waals surface area contributed by atoms with Gasteiger partial charge in [-0.15, -0.1) is 24.0 Å². The van der Waals surface area contributed by atoms with E-state index in [1.54, 1.807) is 4.68 Å². The van der Waals surface area contributed by atoms with Crippen LogP contribution in [0.5, 0.6) is 0 Å². The third kappa shape index (κ3) is 6.37. The number of aryl methyl sites for hydroxylation is 1. The van der Waals surface area contributed by atoms with Gasteiger partial charge in [0, 0.05) is 37.8 Å². The molecular formula is C22H28IN5. The van der Waals surface area contributed by atoms with Gasteiger partial charge in [0.2, 0.25) is 0 Å². The van der Waals surface area contributed by atoms with Crippen LogP contribution in [0.4, 0.5) is 0 Å². The molecule has 0 unspecified atom stereocenters. The summed E-state index contributed by atoms with van der Waals surface area (Å²) >= 11 is 0. The quantitative estimate of drug-likeness (QED) is 0.301. The van der Waals surface area contributed by atoms with Gasteiger partial charge in [0.1, 0.15) is 0 Å². The molecule has 0 aliphatic rings. The summed E-state index contributed by atoms with van der Waals surface area (Å²) in [6.07, 6.45) is 3.84. The van der Waals surface area contributed by atoms with Crippen LogP contribution in [0.1, 0.15) is 29.5 Å². The van der Waals surface area contributed by atoms with E-state index in [-0.39, 0.29) is 29.9 Å². The number of rotatable bonds is 7. The number of nitrogens with zero attached hydrogens (tertiary/aromatic N) is 3. The molecule has 0 aliphatic heterocycles. The monoisotopic (exact) mass is 489 g/mol. The normalized spacial score (nSPS) is 11.2. The Balaban J connectivity index is 0.00000280. The Morgan fingerprint density at radius 3 is 2.11 bits per heavy atom. The Hall–Kier alpha value is -2.35. The Morgan fingerprint density at radius 1 is 1.00 bits per heavy atom. The first kappa shape index (κ1) is 21.9. The molecule has 0 fully saturated rings. The van der Waals surface area contributed by atoms with E-state index in [2.05, 4.69) is 83.3 Å². The smallest absolute Gasteiger partial charge is 0.191 e. The number of aliphatic imine (C=N–C) groups is 1. The number of hydrogen-bond acceptors (Lipinski definition) is 2. The van der Waals surface area contributed by atoms with Gasteiger partial charge in [0.25, 0.3) is 0 Å². The molecule has 0 bridgehead atoms. The van der Waals surface area contributed by atoms with E-state index >= 15 is 0 Å². The lowest BCUT2D eigenvalue weighted by Crippen LogP contribution is -2.39. The minimum atomic E-state index is 0. The molecule has 3 aromatic rings. The van der Waals surface area contributed by atoms with E-state index in [4.69, 9.17) is 4.99 Å². The van der Waals surface area contributed by atoms with Crippen LogP contribution in [0.3, 0.4) is 0 Å². The molecule has 1 aromatic heterocycles. The van der Waals surface area contributed by atoms with Crippen molar-refractivity contribution in [1.82, 2.24) is 20.4 Å². The SMILES string of the molecule is CCNC(=NCc1cnn(C)c1)NCC(c1ccccc1)c1ccccc1.I. The summed E-state index contributed by atoms with van der Waals surface area (Å²) in [5, 5.41) is 11.0. The fraction of sp³-hybridized carbons (Fsp3) is 0.273. The van der Waals surface area contributed by atoms with Gasteiger partial charge in [-0.3, -0.25) is 4.68 Å². The van der Waals surface area contributed by atoms with Gasteiger partial charge in [-0.1, -0.05) is 60.7 Å². The van der Waals surface area contributed by atoms with Crippen molar-refractivity contribution in [2.24, 2.45) is 12.0 Å². The van der Waals surface area contributed by atoms with Crippen molar-refractivity contribution >= 4 is 29.9 Å². The number of hydrogen-bond donors (Lipinski definition) is 2. The molecular weight excluding hydrogens is 461 g/mol. The van der Waals surface area contributed by atoms with Crippen molar-refractivity contribution in [2.45, 2.75) is 19.4 Å². The van der Waals surface area contributed by atoms with Gasteiger partial charge in [0.05, 0.1) is 12.7 Å². The van der Waals surface area contributed by atoms with E-state index in [0.717, 1.165) is 24.6 Å². The standard InChI is InChI=1S/C22H27N5.HI/c1-3-23-22(24-14-18-15-26-27(2)17-18)25-16-21(19-10-6-4-7-11-19)20-12-8-5-9-13-20;/h4-13,15,17,21H,3,14,16H2,1-2H3,(H2,23,24,25);1H. The van der Waals surface area contributed by atoms with Gasteiger partial charge >= 0.3 is 0 Å². The molecule has 2 aromatic carbocycles. The van der Waals surface area contributed by atoms with Gasteiger partial charge in [-0.05, 0) is 18.1 Å². The highest BCUT2D eigenvalue weighted by atomic mass is 127. The molecule has 0 radical (unpaired) electrons. The zero-order valence-electron chi connectivity index (χ0n) is 16.4. The molecule has 0 saturated carbocycles. The lowest BCUT2D eigenvalue weighted by Gasteiger charge is -2.20. The Morgan fingerprint density at radius 2 is 1.61 bits per heavy atom. The predicted octanol–water partition coefficient (Wildman–Crippen LogP) is 3.93. The first-order valence-corrected chi connectivity index (χ1v) is 9.36. The summed E-state index contributed by atoms with van der Waals surface area (Å²) in [7, 11) is 1.92. The second kappa shape index (κ2) is 11.5. The van der Waals surface area contributed by atoms with E-state index in [9.17, 15) is 0 Å². The van der Waals surface area contributed by atoms with Crippen LogP contribution in [-0.4, -0.2) is 28.8 Å². The third-order valence-corrected chi connectivity index (χ3v) is 4.40. The van der Waals surface area contributed by atoms with Crippen LogP contribution in [0.15, 0.2) is 78.0 Å². The maximum absolute atomic E-state index is 4.70. The highest BCUT2D eigenvalue weighted by Gasteiger charge is 2.14. The molecule has 5 nitrogen and oxygen atoms in total. The van der Waals surface area contributed by atoms with Gasteiger partial charge < -0.3 is 10.6 Å². The van der Waals surface area contributed by atoms with Crippen molar-refractivity contribution in [3.8, 4) is 0 Å². The summed E-state index contributed by atoms with van der Waals surface area (Å²) < 4.78 is 1.80. The molecule has 0 saturated heterocycles. The molecule has 0 amide bonds. The summed E-state index contributed by atoms with van der Waals surface area (Å²) in [4.78, 5) is 4.70. The largest absolute Gasteiger partial charge is 0.357 e. The number of aromatic nitrogens is 2. The zero-order valence-corrected chi connectivity index (χ0v) is 18.7. The summed E-state index contributed by atoms with van der Waals surface area (Å²) in [6.45, 7) is 4.27. The molecule has 0 aliphatic carbocycles. The second-order valence-electron chi connectivity index (χ2n) is 6.47. The Kier molecular flexibility index (Phi) is 9.00. The molecule has 2 N–H and O–H groups in total. The lowest BCUT2D eigenvalue weighted by atomic mass is 9.91. The number of benzene rings is 2. The van der Waals surface area contributed by atoms with Crippen LogP contribution >= 0.6 is 24.0 Å². The van der Waals surface area contributed by atoms with Crippen LogP contribution in [0, 0.1) is 0 Å². The van der Waals surface area contributed by atoms with Crippen LogP contribution in [-0.2, 0) is 13.6 Å². The summed E-state index contributed by atoms with van der Waals surface area (Å²) in [5.74, 6) is 1.08. The number of guanidine groups is 1. The second-order valence-corrected chi connectivity index (χ2v) is 6.47. The van der Waals surface area contributed by atoms with Crippen molar-refractivity contribution < 1.29 is 0 Å². The van der Waals surface area contributed by atoms with Gasteiger partial charge in [0.15, 0.2) is 5.96 Å². The maximum atomic E-state index is 4.70. The highest BCUT2D eigenvalue weighted by Crippen LogP contribution is 2.23. The highest BCUT2D eigenvalue weighted by molar-refractivity contribution is 14.0. The zero-order chi connectivity index (χ0) is 18.9. The summed E-state index contributed by atoms with van der Waals surface area (Å²) in [5.41, 5.74) is 3.68. The average molecular weight is 489 g/mol. The Labute approximate surface area is 184 Å². The van der Waals surface area contributed by atoms with Crippen LogP contribution in [0.2, 0.25) is 0 Å². The molecule has 0 spiro atoms. The number of nitrogens with one attached hydrogen (secondary N) is 2. The maximum Gasteiger partial charge on any atom is 0.191 e. The number of halogens is 1. The van der Waals surface area contributed by atoms with E-state index < -0.39 is 0 Å². The van der Waals surface area contributed by atoms with Crippen LogP contribution in [0.25, 0.3) is 0 Å². The van der Waals surface area contributed by atoms with Gasteiger partial charge in [-0.25, -0.2) is 4.99 Å². The van der Waals surface area contributed by atoms with Crippen molar-refractivity contribution in [3.63, 3.8) is 0 Å². The topological polar surface area (TPSA) is 54.2 Å². The molecule has 0 atom stereocenters.